The van der Waals surface area contributed by atoms with Gasteiger partial charge in [0.1, 0.15) is 19.9 Å². The lowest BCUT2D eigenvalue weighted by Crippen LogP contribution is -2.43. The summed E-state index contributed by atoms with van der Waals surface area (Å²) in [5.41, 5.74) is 5.84. The molecule has 2 aromatic rings. The first-order chi connectivity index (χ1) is 14.8. The lowest BCUT2D eigenvalue weighted by molar-refractivity contribution is 0.207. The van der Waals surface area contributed by atoms with E-state index in [0.717, 1.165) is 11.1 Å². The van der Waals surface area contributed by atoms with E-state index in [-0.39, 0.29) is 12.5 Å². The lowest BCUT2D eigenvalue weighted by Gasteiger charge is -2.34. The zero-order valence-electron chi connectivity index (χ0n) is 18.1. The van der Waals surface area contributed by atoms with Crippen molar-refractivity contribution < 1.29 is 14.6 Å². The average molecular weight is 430 g/mol. The van der Waals surface area contributed by atoms with E-state index in [1.807, 2.05) is 48.5 Å². The Hall–Kier alpha value is -3.25. The largest absolute Gasteiger partial charge is 0.421 e. The molecule has 1 aliphatic rings. The number of terminal acetylenes is 1. The fourth-order valence-corrected chi connectivity index (χ4v) is 4.00. The molecule has 0 fully saturated rings. The molecule has 4 nitrogen and oxygen atoms in total. The number of aliphatic hydroxyl groups excluding tert-OH is 1. The minimum atomic E-state index is -1.69. The number of ether oxygens (including phenoxy) is 1. The third-order valence-electron chi connectivity index (χ3n) is 4.82. The number of hydrogen-bond acceptors (Lipinski definition) is 3. The van der Waals surface area contributed by atoms with Crippen LogP contribution in [0.4, 0.5) is 10.5 Å². The Morgan fingerprint density at radius 3 is 2.48 bits per heavy atom. The number of carbonyl (C=O) groups excluding carboxylic acids is 1. The summed E-state index contributed by atoms with van der Waals surface area (Å²) in [5.74, 6) is 6.29. The molecule has 0 saturated heterocycles. The van der Waals surface area contributed by atoms with Crippen LogP contribution in [0.25, 0.3) is 5.57 Å². The number of nitrogens with zero attached hydrogens (tertiary/aromatic N) is 1. The van der Waals surface area contributed by atoms with Gasteiger partial charge in [-0.1, -0.05) is 67.9 Å². The molecule has 2 atom stereocenters. The average Bonchev–Trinajstić information content (AvgIpc) is 2.75. The van der Waals surface area contributed by atoms with Gasteiger partial charge < -0.3 is 9.84 Å². The second kappa shape index (κ2) is 9.70. The first-order valence-corrected chi connectivity index (χ1v) is 13.8. The van der Waals surface area contributed by atoms with Crippen LogP contribution < -0.4 is 9.64 Å². The van der Waals surface area contributed by atoms with Crippen LogP contribution >= 0.6 is 0 Å². The summed E-state index contributed by atoms with van der Waals surface area (Å²) in [7, 11) is -1.69. The van der Waals surface area contributed by atoms with Crippen LogP contribution in [-0.4, -0.2) is 31.9 Å². The molecule has 31 heavy (non-hydrogen) atoms. The zero-order chi connectivity index (χ0) is 22.4. The molecule has 2 aromatic carbocycles. The molecule has 158 valence electrons. The van der Waals surface area contributed by atoms with Crippen molar-refractivity contribution in [1.29, 1.82) is 0 Å². The van der Waals surface area contributed by atoms with Crippen molar-refractivity contribution in [2.24, 2.45) is 5.92 Å². The van der Waals surface area contributed by atoms with E-state index in [9.17, 15) is 9.90 Å². The summed E-state index contributed by atoms with van der Waals surface area (Å²) >= 11 is 0. The molecule has 1 N–H and O–H groups in total. The number of allylic oxidation sites excluding steroid dienone is 1. The fraction of sp³-hybridized carbons (Fsp3) is 0.269. The van der Waals surface area contributed by atoms with E-state index in [0.29, 0.717) is 17.9 Å². The molecule has 3 rings (SSSR count). The molecular formula is C26H27NO3Si. The Morgan fingerprint density at radius 1 is 1.16 bits per heavy atom. The van der Waals surface area contributed by atoms with E-state index in [1.54, 1.807) is 17.0 Å². The number of carbonyl (C=O) groups is 1. The quantitative estimate of drug-likeness (QED) is 0.551. The molecule has 0 saturated carbocycles. The second-order valence-corrected chi connectivity index (χ2v) is 13.1. The van der Waals surface area contributed by atoms with Gasteiger partial charge in [0.25, 0.3) is 0 Å². The third kappa shape index (κ3) is 5.47. The maximum absolute atomic E-state index is 13.3. The molecule has 1 amide bonds. The first-order valence-electron chi connectivity index (χ1n) is 10.3. The van der Waals surface area contributed by atoms with Gasteiger partial charge in [-0.15, -0.1) is 12.0 Å². The van der Waals surface area contributed by atoms with Crippen LogP contribution in [0.15, 0.2) is 60.7 Å². The van der Waals surface area contributed by atoms with E-state index < -0.39 is 20.2 Å². The SMILES string of the molecule is C#CC(CCO)C1=CC(C#C[Si](C)(C)C)N(C(=O)Oc2ccccc2)c2ccccc21. The number of fused-ring (bicyclic) bond motifs is 1. The summed E-state index contributed by atoms with van der Waals surface area (Å²) in [5, 5.41) is 9.50. The van der Waals surface area contributed by atoms with E-state index in [2.05, 4.69) is 37.0 Å². The van der Waals surface area contributed by atoms with Crippen molar-refractivity contribution in [3.8, 4) is 29.6 Å². The lowest BCUT2D eigenvalue weighted by atomic mass is 9.85. The van der Waals surface area contributed by atoms with Crippen LogP contribution in [0.1, 0.15) is 12.0 Å². The smallest absolute Gasteiger partial charge is 0.410 e. The van der Waals surface area contributed by atoms with Gasteiger partial charge in [0.2, 0.25) is 0 Å². The van der Waals surface area contributed by atoms with Gasteiger partial charge in [-0.2, -0.15) is 0 Å². The van der Waals surface area contributed by atoms with Gasteiger partial charge in [-0.05, 0) is 36.3 Å². The second-order valence-electron chi connectivity index (χ2n) is 8.39. The van der Waals surface area contributed by atoms with Crippen molar-refractivity contribution in [3.63, 3.8) is 0 Å². The summed E-state index contributed by atoms with van der Waals surface area (Å²) in [4.78, 5) is 14.9. The van der Waals surface area contributed by atoms with Crippen molar-refractivity contribution in [2.45, 2.75) is 32.1 Å². The van der Waals surface area contributed by atoms with E-state index in [1.165, 1.54) is 0 Å². The van der Waals surface area contributed by atoms with Crippen molar-refractivity contribution in [3.05, 3.63) is 66.2 Å². The highest BCUT2D eigenvalue weighted by molar-refractivity contribution is 6.83. The maximum Gasteiger partial charge on any atom is 0.421 e. The molecule has 2 unspecified atom stereocenters. The Labute approximate surface area is 185 Å². The van der Waals surface area contributed by atoms with Crippen molar-refractivity contribution >= 4 is 25.4 Å². The number of amides is 1. The predicted molar refractivity (Wildman–Crippen MR) is 128 cm³/mol. The Morgan fingerprint density at radius 2 is 1.84 bits per heavy atom. The number of rotatable bonds is 4. The first kappa shape index (κ1) is 22.4. The molecule has 1 aliphatic heterocycles. The minimum Gasteiger partial charge on any atom is -0.410 e. The fourth-order valence-electron chi connectivity index (χ4n) is 3.42. The molecule has 0 spiro atoms. The van der Waals surface area contributed by atoms with Gasteiger partial charge in [-0.3, -0.25) is 4.90 Å². The predicted octanol–water partition coefficient (Wildman–Crippen LogP) is 4.97. The van der Waals surface area contributed by atoms with Crippen molar-refractivity contribution in [1.82, 2.24) is 0 Å². The van der Waals surface area contributed by atoms with E-state index in [4.69, 9.17) is 11.2 Å². The Bertz CT molecular complexity index is 1070. The number of benzene rings is 2. The van der Waals surface area contributed by atoms with Crippen LogP contribution in [0.3, 0.4) is 0 Å². The zero-order valence-corrected chi connectivity index (χ0v) is 19.1. The van der Waals surface area contributed by atoms with Gasteiger partial charge in [0.15, 0.2) is 0 Å². The Balaban J connectivity index is 2.11. The van der Waals surface area contributed by atoms with Crippen LogP contribution in [0.5, 0.6) is 5.75 Å². The van der Waals surface area contributed by atoms with Gasteiger partial charge >= 0.3 is 6.09 Å². The highest BCUT2D eigenvalue weighted by Gasteiger charge is 2.33. The number of anilines is 1. The molecule has 5 heteroatoms. The summed E-state index contributed by atoms with van der Waals surface area (Å²) < 4.78 is 5.66. The molecule has 0 bridgehead atoms. The molecule has 0 aromatic heterocycles. The van der Waals surface area contributed by atoms with Crippen LogP contribution in [0, 0.1) is 29.7 Å². The summed E-state index contributed by atoms with van der Waals surface area (Å²) in [6.07, 6.45) is 7.69. The summed E-state index contributed by atoms with van der Waals surface area (Å²) in [6, 6.07) is 16.1. The van der Waals surface area contributed by atoms with Gasteiger partial charge in [0, 0.05) is 18.1 Å². The number of para-hydroxylation sites is 2. The standard InChI is InChI=1S/C26H27NO3Si/c1-5-20(15-17-28)24-19-21(16-18-31(2,3)4)27(25-14-10-9-13-23(24)25)26(29)30-22-11-7-6-8-12-22/h1,6-14,19-21,28H,15,17H2,2-4H3. The van der Waals surface area contributed by atoms with Crippen molar-refractivity contribution in [2.75, 3.05) is 11.5 Å². The van der Waals surface area contributed by atoms with Crippen LogP contribution in [0.2, 0.25) is 19.6 Å². The number of hydrogen-bond donors (Lipinski definition) is 1. The number of aliphatic hydroxyl groups is 1. The molecule has 0 radical (unpaired) electrons. The maximum atomic E-state index is 13.3. The summed E-state index contributed by atoms with van der Waals surface area (Å²) in [6.45, 7) is 6.46. The minimum absolute atomic E-state index is 0.0145. The normalized spacial score (nSPS) is 16.2. The van der Waals surface area contributed by atoms with Gasteiger partial charge in [0.05, 0.1) is 5.69 Å². The Kier molecular flexibility index (Phi) is 7.02. The highest BCUT2D eigenvalue weighted by Crippen LogP contribution is 2.39. The molecular weight excluding hydrogens is 402 g/mol. The third-order valence-corrected chi connectivity index (χ3v) is 5.72. The molecule has 0 aliphatic carbocycles. The van der Waals surface area contributed by atoms with Gasteiger partial charge in [-0.25, -0.2) is 4.79 Å². The van der Waals surface area contributed by atoms with E-state index >= 15 is 0 Å². The molecule has 1 heterocycles. The topological polar surface area (TPSA) is 49.8 Å². The van der Waals surface area contributed by atoms with Crippen LogP contribution in [-0.2, 0) is 0 Å². The monoisotopic (exact) mass is 429 g/mol. The highest BCUT2D eigenvalue weighted by atomic mass is 28.3.